The lowest BCUT2D eigenvalue weighted by molar-refractivity contribution is 0.477. The van der Waals surface area contributed by atoms with Gasteiger partial charge >= 0.3 is 0 Å². The number of hydrogen-bond donors (Lipinski definition) is 2. The zero-order valence-corrected chi connectivity index (χ0v) is 9.55. The molecule has 0 amide bonds. The van der Waals surface area contributed by atoms with Crippen molar-refractivity contribution in [1.29, 1.82) is 0 Å². The third-order valence-electron chi connectivity index (χ3n) is 3.45. The molecule has 1 heterocycles. The maximum atomic E-state index is 4.01. The van der Waals surface area contributed by atoms with Gasteiger partial charge in [-0.2, -0.15) is 5.10 Å². The lowest BCUT2D eigenvalue weighted by Crippen LogP contribution is -2.17. The van der Waals surface area contributed by atoms with E-state index < -0.39 is 0 Å². The van der Waals surface area contributed by atoms with Gasteiger partial charge in [0.25, 0.3) is 0 Å². The number of rotatable bonds is 5. The van der Waals surface area contributed by atoms with Gasteiger partial charge in [-0.25, -0.2) is 0 Å². The van der Waals surface area contributed by atoms with Gasteiger partial charge in [-0.1, -0.05) is 25.7 Å². The minimum absolute atomic E-state index is 0.953. The van der Waals surface area contributed by atoms with Crippen LogP contribution in [0.25, 0.3) is 0 Å². The smallest absolute Gasteiger partial charge is 0.0535 e. The number of aromatic amines is 1. The van der Waals surface area contributed by atoms with E-state index in [1.807, 2.05) is 6.20 Å². The van der Waals surface area contributed by atoms with Crippen molar-refractivity contribution in [2.24, 2.45) is 5.92 Å². The van der Waals surface area contributed by atoms with Crippen LogP contribution in [0.1, 0.15) is 43.4 Å². The minimum atomic E-state index is 0.953. The maximum Gasteiger partial charge on any atom is 0.0535 e. The molecule has 1 aromatic rings. The lowest BCUT2D eigenvalue weighted by atomic mass is 10.0. The average molecular weight is 207 g/mol. The van der Waals surface area contributed by atoms with E-state index in [9.17, 15) is 0 Å². The fourth-order valence-corrected chi connectivity index (χ4v) is 2.38. The Bertz CT molecular complexity index is 287. The Hall–Kier alpha value is -0.830. The third-order valence-corrected chi connectivity index (χ3v) is 3.45. The third kappa shape index (κ3) is 3.06. The number of H-pyrrole nitrogens is 1. The van der Waals surface area contributed by atoms with Crippen LogP contribution in [0.3, 0.4) is 0 Å². The van der Waals surface area contributed by atoms with Crippen LogP contribution in [0.15, 0.2) is 6.20 Å². The summed E-state index contributed by atoms with van der Waals surface area (Å²) in [6, 6.07) is 0. The number of nitrogens with zero attached hydrogens (tertiary/aromatic N) is 1. The quantitative estimate of drug-likeness (QED) is 0.728. The Labute approximate surface area is 91.7 Å². The van der Waals surface area contributed by atoms with Crippen LogP contribution in [0, 0.1) is 12.8 Å². The van der Waals surface area contributed by atoms with Crippen molar-refractivity contribution in [1.82, 2.24) is 15.5 Å². The fourth-order valence-electron chi connectivity index (χ4n) is 2.38. The highest BCUT2D eigenvalue weighted by Crippen LogP contribution is 2.26. The lowest BCUT2D eigenvalue weighted by Gasteiger charge is -2.09. The SMILES string of the molecule is Cc1[nH]ncc1CNCCC1CCCC1. The number of aromatic nitrogens is 2. The van der Waals surface area contributed by atoms with Crippen molar-refractivity contribution in [2.45, 2.75) is 45.6 Å². The molecule has 0 aromatic carbocycles. The summed E-state index contributed by atoms with van der Waals surface area (Å²) < 4.78 is 0. The molecule has 1 saturated carbocycles. The second-order valence-corrected chi connectivity index (χ2v) is 4.64. The molecule has 84 valence electrons. The second kappa shape index (κ2) is 5.31. The second-order valence-electron chi connectivity index (χ2n) is 4.64. The highest BCUT2D eigenvalue weighted by molar-refractivity contribution is 5.13. The summed E-state index contributed by atoms with van der Waals surface area (Å²) in [6.07, 6.45) is 9.06. The van der Waals surface area contributed by atoms with Crippen molar-refractivity contribution in [3.05, 3.63) is 17.5 Å². The van der Waals surface area contributed by atoms with E-state index in [4.69, 9.17) is 0 Å². The van der Waals surface area contributed by atoms with Gasteiger partial charge in [0, 0.05) is 17.8 Å². The van der Waals surface area contributed by atoms with E-state index in [0.717, 1.165) is 19.0 Å². The average Bonchev–Trinajstić information content (AvgIpc) is 2.85. The molecule has 1 aromatic heterocycles. The highest BCUT2D eigenvalue weighted by atomic mass is 15.1. The van der Waals surface area contributed by atoms with Crippen LogP contribution in [0.5, 0.6) is 0 Å². The molecule has 0 aliphatic heterocycles. The van der Waals surface area contributed by atoms with Gasteiger partial charge in [0.1, 0.15) is 0 Å². The molecular weight excluding hydrogens is 186 g/mol. The monoisotopic (exact) mass is 207 g/mol. The predicted octanol–water partition coefficient (Wildman–Crippen LogP) is 2.39. The number of aryl methyl sites for hydroxylation is 1. The molecule has 1 aliphatic rings. The topological polar surface area (TPSA) is 40.7 Å². The number of nitrogens with one attached hydrogen (secondary N) is 2. The Balaban J connectivity index is 1.60. The Morgan fingerprint density at radius 2 is 2.27 bits per heavy atom. The largest absolute Gasteiger partial charge is 0.313 e. The van der Waals surface area contributed by atoms with E-state index in [1.54, 1.807) is 0 Å². The van der Waals surface area contributed by atoms with Gasteiger partial charge in [-0.15, -0.1) is 0 Å². The molecule has 0 saturated heterocycles. The van der Waals surface area contributed by atoms with Crippen LogP contribution in [0.2, 0.25) is 0 Å². The summed E-state index contributed by atoms with van der Waals surface area (Å²) in [5, 5.41) is 10.5. The molecule has 1 aliphatic carbocycles. The van der Waals surface area contributed by atoms with E-state index in [1.165, 1.54) is 43.4 Å². The summed E-state index contributed by atoms with van der Waals surface area (Å²) in [6.45, 7) is 4.17. The molecule has 0 radical (unpaired) electrons. The standard InChI is InChI=1S/C12H21N3/c1-10-12(9-14-15-10)8-13-7-6-11-4-2-3-5-11/h9,11,13H,2-8H2,1H3,(H,14,15). The summed E-state index contributed by atoms with van der Waals surface area (Å²) >= 11 is 0. The Morgan fingerprint density at radius 3 is 2.93 bits per heavy atom. The summed E-state index contributed by atoms with van der Waals surface area (Å²) in [7, 11) is 0. The molecular formula is C12H21N3. The summed E-state index contributed by atoms with van der Waals surface area (Å²) in [5.74, 6) is 0.989. The van der Waals surface area contributed by atoms with Gasteiger partial charge in [0.15, 0.2) is 0 Å². The fraction of sp³-hybridized carbons (Fsp3) is 0.750. The molecule has 0 unspecified atom stereocenters. The molecule has 0 atom stereocenters. The van der Waals surface area contributed by atoms with Crippen LogP contribution in [-0.2, 0) is 6.54 Å². The van der Waals surface area contributed by atoms with Crippen LogP contribution in [-0.4, -0.2) is 16.7 Å². The van der Waals surface area contributed by atoms with Gasteiger partial charge in [-0.05, 0) is 25.8 Å². The van der Waals surface area contributed by atoms with Crippen LogP contribution < -0.4 is 5.32 Å². The molecule has 15 heavy (non-hydrogen) atoms. The van der Waals surface area contributed by atoms with Crippen molar-refractivity contribution in [3.63, 3.8) is 0 Å². The van der Waals surface area contributed by atoms with E-state index in [0.29, 0.717) is 0 Å². The maximum absolute atomic E-state index is 4.01. The highest BCUT2D eigenvalue weighted by Gasteiger charge is 2.13. The molecule has 0 bridgehead atoms. The zero-order valence-electron chi connectivity index (χ0n) is 9.55. The zero-order chi connectivity index (χ0) is 10.5. The van der Waals surface area contributed by atoms with Crippen LogP contribution >= 0.6 is 0 Å². The summed E-state index contributed by atoms with van der Waals surface area (Å²) in [4.78, 5) is 0. The minimum Gasteiger partial charge on any atom is -0.313 e. The molecule has 2 rings (SSSR count). The van der Waals surface area contributed by atoms with Crippen LogP contribution in [0.4, 0.5) is 0 Å². The van der Waals surface area contributed by atoms with Gasteiger partial charge in [0.05, 0.1) is 6.20 Å². The van der Waals surface area contributed by atoms with E-state index in [2.05, 4.69) is 22.4 Å². The molecule has 3 nitrogen and oxygen atoms in total. The first-order valence-electron chi connectivity index (χ1n) is 6.06. The Kier molecular flexibility index (Phi) is 3.78. The first-order valence-corrected chi connectivity index (χ1v) is 6.06. The van der Waals surface area contributed by atoms with Crippen molar-refractivity contribution < 1.29 is 0 Å². The van der Waals surface area contributed by atoms with Crippen molar-refractivity contribution >= 4 is 0 Å². The summed E-state index contributed by atoms with van der Waals surface area (Å²) in [5.41, 5.74) is 2.48. The molecule has 0 spiro atoms. The number of hydrogen-bond acceptors (Lipinski definition) is 2. The first kappa shape index (κ1) is 10.7. The van der Waals surface area contributed by atoms with Crippen molar-refractivity contribution in [3.8, 4) is 0 Å². The Morgan fingerprint density at radius 1 is 1.47 bits per heavy atom. The van der Waals surface area contributed by atoms with Gasteiger partial charge in [-0.3, -0.25) is 5.10 Å². The van der Waals surface area contributed by atoms with Crippen molar-refractivity contribution in [2.75, 3.05) is 6.54 Å². The molecule has 1 fully saturated rings. The first-order chi connectivity index (χ1) is 7.36. The van der Waals surface area contributed by atoms with Gasteiger partial charge < -0.3 is 5.32 Å². The molecule has 3 heteroatoms. The normalized spacial score (nSPS) is 17.4. The van der Waals surface area contributed by atoms with E-state index >= 15 is 0 Å². The van der Waals surface area contributed by atoms with E-state index in [-0.39, 0.29) is 0 Å². The predicted molar refractivity (Wildman–Crippen MR) is 61.6 cm³/mol. The van der Waals surface area contributed by atoms with Gasteiger partial charge in [0.2, 0.25) is 0 Å². The molecule has 2 N–H and O–H groups in total.